The molecule has 0 heterocycles. The smallest absolute Gasteiger partial charge is 0.244 e. The van der Waals surface area contributed by atoms with Crippen molar-refractivity contribution in [3.05, 3.63) is 101 Å². The van der Waals surface area contributed by atoms with Crippen molar-refractivity contribution in [3.8, 4) is 0 Å². The van der Waals surface area contributed by atoms with E-state index < -0.39 is 34.3 Å². The molecular weight excluding hydrogens is 626 g/mol. The van der Waals surface area contributed by atoms with Crippen LogP contribution in [0, 0.1) is 29.5 Å². The van der Waals surface area contributed by atoms with E-state index >= 15 is 4.39 Å². The summed E-state index contributed by atoms with van der Waals surface area (Å²) in [5.74, 6) is 1.05. The maximum Gasteiger partial charge on any atom is 0.244 e. The number of halogens is 1. The third-order valence-corrected chi connectivity index (χ3v) is 11.9. The second kappa shape index (κ2) is 14.0. The Morgan fingerprint density at radius 2 is 1.46 bits per heavy atom. The lowest BCUT2D eigenvalue weighted by Crippen LogP contribution is -2.53. The zero-order valence-electron chi connectivity index (χ0n) is 28.3. The maximum absolute atomic E-state index is 15.0. The molecule has 1 atom stereocenters. The van der Waals surface area contributed by atoms with Crippen LogP contribution in [0.15, 0.2) is 78.9 Å². The van der Waals surface area contributed by atoms with Crippen molar-refractivity contribution in [2.45, 2.75) is 76.8 Å². The fraction of sp³-hybridized carbons (Fsp3) is 0.487. The Balaban J connectivity index is 1.31. The van der Waals surface area contributed by atoms with Crippen LogP contribution in [0.1, 0.15) is 69.1 Å². The number of hydrogen-bond donors (Lipinski definition) is 1. The van der Waals surface area contributed by atoms with Crippen molar-refractivity contribution in [2.75, 3.05) is 23.7 Å². The second-order valence-electron chi connectivity index (χ2n) is 15.0. The molecule has 3 aromatic rings. The molecule has 0 aliphatic heterocycles. The standard InChI is InChI=1S/C39H48FN3O4S/c1-27(2)24-41-38(45)36(20-28-9-5-4-6-10-28)42(25-32-11-7-8-12-35(32)40)37(44)26-43(48(3,46)47)34-15-13-33(14-16-34)39-21-29-17-30(22-39)19-31(18-29)23-39/h4-16,27,29-31,36H,17-26H2,1-3H3,(H,41,45)/t29?,30?,31?,36-,39?/m0/s1. The topological polar surface area (TPSA) is 86.8 Å². The van der Waals surface area contributed by atoms with E-state index in [2.05, 4.69) is 17.4 Å². The number of hydrogen-bond acceptors (Lipinski definition) is 4. The van der Waals surface area contributed by atoms with Gasteiger partial charge in [-0.15, -0.1) is 0 Å². The highest BCUT2D eigenvalue weighted by Gasteiger charge is 2.51. The molecule has 0 spiro atoms. The molecule has 4 saturated carbocycles. The second-order valence-corrected chi connectivity index (χ2v) is 16.9. The monoisotopic (exact) mass is 673 g/mol. The lowest BCUT2D eigenvalue weighted by atomic mass is 9.48. The molecule has 9 heteroatoms. The molecule has 7 rings (SSSR count). The molecule has 3 aromatic carbocycles. The summed E-state index contributed by atoms with van der Waals surface area (Å²) in [5.41, 5.74) is 2.88. The molecule has 1 N–H and O–H groups in total. The summed E-state index contributed by atoms with van der Waals surface area (Å²) >= 11 is 0. The van der Waals surface area contributed by atoms with Crippen molar-refractivity contribution >= 4 is 27.5 Å². The Bertz CT molecular complexity index is 1680. The first-order valence-electron chi connectivity index (χ1n) is 17.3. The van der Waals surface area contributed by atoms with E-state index in [9.17, 15) is 18.0 Å². The van der Waals surface area contributed by atoms with Crippen molar-refractivity contribution in [2.24, 2.45) is 23.7 Å². The number of carbonyl (C=O) groups is 2. The van der Waals surface area contributed by atoms with Crippen molar-refractivity contribution in [1.82, 2.24) is 10.2 Å². The van der Waals surface area contributed by atoms with Crippen molar-refractivity contribution < 1.29 is 22.4 Å². The Morgan fingerprint density at radius 3 is 2.02 bits per heavy atom. The Labute approximate surface area is 285 Å². The van der Waals surface area contributed by atoms with Gasteiger partial charge in [0.2, 0.25) is 21.8 Å². The first-order chi connectivity index (χ1) is 22.9. The van der Waals surface area contributed by atoms with Gasteiger partial charge in [-0.1, -0.05) is 74.5 Å². The maximum atomic E-state index is 15.0. The third kappa shape index (κ3) is 7.61. The highest BCUT2D eigenvalue weighted by molar-refractivity contribution is 7.92. The Kier molecular flexibility index (Phi) is 9.98. The third-order valence-electron chi connectivity index (χ3n) is 10.7. The van der Waals surface area contributed by atoms with E-state index in [1.54, 1.807) is 18.2 Å². The predicted molar refractivity (Wildman–Crippen MR) is 187 cm³/mol. The minimum Gasteiger partial charge on any atom is -0.354 e. The molecule has 4 aliphatic carbocycles. The number of rotatable bonds is 13. The van der Waals surface area contributed by atoms with Crippen molar-refractivity contribution in [1.29, 1.82) is 0 Å². The molecule has 0 saturated heterocycles. The largest absolute Gasteiger partial charge is 0.354 e. The van der Waals surface area contributed by atoms with Gasteiger partial charge in [0, 0.05) is 25.1 Å². The van der Waals surface area contributed by atoms with E-state index in [1.165, 1.54) is 55.1 Å². The van der Waals surface area contributed by atoms with E-state index in [4.69, 9.17) is 0 Å². The summed E-state index contributed by atoms with van der Waals surface area (Å²) in [4.78, 5) is 29.5. The van der Waals surface area contributed by atoms with Gasteiger partial charge in [-0.05, 0) is 96.9 Å². The molecule has 4 bridgehead atoms. The summed E-state index contributed by atoms with van der Waals surface area (Å²) in [6.45, 7) is 3.64. The predicted octanol–water partition coefficient (Wildman–Crippen LogP) is 6.47. The summed E-state index contributed by atoms with van der Waals surface area (Å²) in [6.07, 6.45) is 8.87. The van der Waals surface area contributed by atoms with Crippen LogP contribution in [0.25, 0.3) is 0 Å². The van der Waals surface area contributed by atoms with E-state index in [-0.39, 0.29) is 35.8 Å². The Morgan fingerprint density at radius 1 is 0.875 bits per heavy atom. The number of anilines is 1. The average molecular weight is 674 g/mol. The minimum absolute atomic E-state index is 0.156. The van der Waals surface area contributed by atoms with Gasteiger partial charge in [-0.25, -0.2) is 12.8 Å². The highest BCUT2D eigenvalue weighted by atomic mass is 32.2. The van der Waals surface area contributed by atoms with Crippen LogP contribution < -0.4 is 9.62 Å². The minimum atomic E-state index is -3.90. The molecule has 4 fully saturated rings. The van der Waals surface area contributed by atoms with Crippen molar-refractivity contribution in [3.63, 3.8) is 0 Å². The summed E-state index contributed by atoms with van der Waals surface area (Å²) in [6, 6.07) is 22.2. The van der Waals surface area contributed by atoms with Gasteiger partial charge in [-0.2, -0.15) is 0 Å². The van der Waals surface area contributed by atoms with Crippen LogP contribution in [-0.2, 0) is 38.0 Å². The van der Waals surface area contributed by atoms with Crippen LogP contribution in [0.2, 0.25) is 0 Å². The number of benzene rings is 3. The van der Waals surface area contributed by atoms with Crippen LogP contribution in [0.5, 0.6) is 0 Å². The molecule has 0 radical (unpaired) electrons. The highest BCUT2D eigenvalue weighted by Crippen LogP contribution is 2.60. The number of nitrogens with one attached hydrogen (secondary N) is 1. The molecule has 7 nitrogen and oxygen atoms in total. The lowest BCUT2D eigenvalue weighted by molar-refractivity contribution is -0.140. The SMILES string of the molecule is CC(C)CNC(=O)[C@H](Cc1ccccc1)N(Cc1ccccc1F)C(=O)CN(c1ccc(C23CC4CC(CC(C4)C2)C3)cc1)S(C)(=O)=O. The molecule has 4 aliphatic rings. The zero-order chi connectivity index (χ0) is 34.1. The fourth-order valence-electron chi connectivity index (χ4n) is 8.85. The van der Waals surface area contributed by atoms with Crippen LogP contribution in [0.4, 0.5) is 10.1 Å². The Hall–Kier alpha value is -3.72. The molecule has 0 unspecified atom stereocenters. The molecular formula is C39H48FN3O4S. The number of nitrogens with zero attached hydrogens (tertiary/aromatic N) is 2. The molecule has 2 amide bonds. The molecule has 48 heavy (non-hydrogen) atoms. The van der Waals surface area contributed by atoms with E-state index in [0.29, 0.717) is 12.2 Å². The quantitative estimate of drug-likeness (QED) is 0.225. The van der Waals surface area contributed by atoms with Gasteiger partial charge in [0.15, 0.2) is 0 Å². The van der Waals surface area contributed by atoms with Gasteiger partial charge >= 0.3 is 0 Å². The number of carbonyl (C=O) groups excluding carboxylic acids is 2. The zero-order valence-corrected chi connectivity index (χ0v) is 29.1. The van der Waals surface area contributed by atoms with Gasteiger partial charge in [0.1, 0.15) is 18.4 Å². The van der Waals surface area contributed by atoms with Crippen LogP contribution in [-0.4, -0.2) is 50.5 Å². The normalized spacial score (nSPS) is 23.6. The first kappa shape index (κ1) is 34.2. The van der Waals surface area contributed by atoms with Crippen LogP contribution in [0.3, 0.4) is 0 Å². The summed E-state index contributed by atoms with van der Waals surface area (Å²) in [7, 11) is -3.90. The van der Waals surface area contributed by atoms with E-state index in [0.717, 1.165) is 33.9 Å². The van der Waals surface area contributed by atoms with Gasteiger partial charge in [-0.3, -0.25) is 13.9 Å². The lowest BCUT2D eigenvalue weighted by Gasteiger charge is -2.57. The summed E-state index contributed by atoms with van der Waals surface area (Å²) < 4.78 is 42.7. The molecule has 0 aromatic heterocycles. The van der Waals surface area contributed by atoms with Gasteiger partial charge < -0.3 is 10.2 Å². The average Bonchev–Trinajstić information content (AvgIpc) is 3.04. The number of sulfonamides is 1. The van der Waals surface area contributed by atoms with E-state index in [1.807, 2.05) is 56.3 Å². The van der Waals surface area contributed by atoms with Gasteiger partial charge in [0.05, 0.1) is 11.9 Å². The number of amides is 2. The first-order valence-corrected chi connectivity index (χ1v) is 19.2. The van der Waals surface area contributed by atoms with Crippen LogP contribution >= 0.6 is 0 Å². The molecule has 256 valence electrons. The van der Waals surface area contributed by atoms with Gasteiger partial charge in [0.25, 0.3) is 0 Å². The summed E-state index contributed by atoms with van der Waals surface area (Å²) in [5, 5.41) is 2.96. The fourth-order valence-corrected chi connectivity index (χ4v) is 9.70.